The summed E-state index contributed by atoms with van der Waals surface area (Å²) in [4.78, 5) is 8.11. The van der Waals surface area contributed by atoms with Crippen LogP contribution in [0.3, 0.4) is 0 Å². The Morgan fingerprint density at radius 2 is 1.86 bits per heavy atom. The molecule has 0 unspecified atom stereocenters. The fraction of sp³-hybridized carbons (Fsp3) is 0.667. The molecule has 0 aliphatic heterocycles. The van der Waals surface area contributed by atoms with Crippen LogP contribution in [0, 0.1) is 11.8 Å². The second kappa shape index (κ2) is 37.1. The van der Waals surface area contributed by atoms with E-state index in [1.807, 2.05) is 6.92 Å². The molecule has 40 valence electrons. The van der Waals surface area contributed by atoms with E-state index in [2.05, 4.69) is 6.92 Å². The maximum atomic E-state index is 8.11. The summed E-state index contributed by atoms with van der Waals surface area (Å²) in [5, 5.41) is 7.89. The van der Waals surface area contributed by atoms with Crippen LogP contribution >= 0.6 is 0 Å². The van der Waals surface area contributed by atoms with Gasteiger partial charge in [-0.1, -0.05) is 6.92 Å². The van der Waals surface area contributed by atoms with Crippen molar-refractivity contribution in [3.05, 3.63) is 11.8 Å². The van der Waals surface area contributed by atoms with Crippen molar-refractivity contribution in [1.82, 2.24) is 0 Å². The van der Waals surface area contributed by atoms with E-state index in [0.29, 0.717) is 0 Å². The molecule has 0 spiro atoms. The first kappa shape index (κ1) is 15.7. The monoisotopic (exact) mass is 154 g/mol. The van der Waals surface area contributed by atoms with Crippen LogP contribution in [0.25, 0.3) is 0 Å². The predicted molar refractivity (Wildman–Crippen MR) is 23.2 cm³/mol. The first-order chi connectivity index (χ1) is 2.83. The second-order valence-electron chi connectivity index (χ2n) is 0.582. The van der Waals surface area contributed by atoms with E-state index in [1.165, 1.54) is 5.34 Å². The molecule has 0 fully saturated rings. The molecule has 0 aliphatic rings. The summed E-state index contributed by atoms with van der Waals surface area (Å²) in [6, 6.07) is 0. The van der Waals surface area contributed by atoms with Crippen LogP contribution in [0.15, 0.2) is 5.34 Å². The molecule has 0 saturated heterocycles. The number of hydrogen-bond donors (Lipinski definition) is 1. The quantitative estimate of drug-likeness (QED) is 0.249. The third kappa shape index (κ3) is 178000. The number of hydrogen-bond acceptors (Lipinski definition) is 2. The van der Waals surface area contributed by atoms with Gasteiger partial charge < -0.3 is 12.1 Å². The average Bonchev–Trinajstić information content (AvgIpc) is 1.39. The van der Waals surface area contributed by atoms with Gasteiger partial charge >= 0.3 is 0 Å². The van der Waals surface area contributed by atoms with Crippen molar-refractivity contribution < 1.29 is 24.7 Å². The van der Waals surface area contributed by atoms with Crippen LogP contribution in [0.5, 0.6) is 0 Å². The van der Waals surface area contributed by atoms with Crippen LogP contribution in [-0.2, 0) is 19.5 Å². The SMILES string of the molecule is O=NO.[CH2-]CC.[Zn]. The maximum absolute atomic E-state index is 8.11. The van der Waals surface area contributed by atoms with Crippen LogP contribution in [0.4, 0.5) is 0 Å². The Bertz CT molecular complexity index is 26.9. The first-order valence-electron chi connectivity index (χ1n) is 1.59. The fourth-order valence-corrected chi connectivity index (χ4v) is 0. The second-order valence-corrected chi connectivity index (χ2v) is 0.582. The zero-order valence-electron chi connectivity index (χ0n) is 4.42. The smallest absolute Gasteiger partial charge is 0.152 e. The molecule has 0 atom stereocenters. The van der Waals surface area contributed by atoms with E-state index in [9.17, 15) is 0 Å². The van der Waals surface area contributed by atoms with Crippen molar-refractivity contribution in [3.8, 4) is 0 Å². The number of nitrogens with zero attached hydrogens (tertiary/aromatic N) is 1. The van der Waals surface area contributed by atoms with Gasteiger partial charge in [0.2, 0.25) is 0 Å². The molecular weight excluding hydrogens is 147 g/mol. The summed E-state index contributed by atoms with van der Waals surface area (Å²) in [6.45, 7) is 5.50. The topological polar surface area (TPSA) is 49.7 Å². The van der Waals surface area contributed by atoms with Gasteiger partial charge in [-0.15, -0.1) is 4.91 Å². The van der Waals surface area contributed by atoms with Gasteiger partial charge in [0.1, 0.15) is 0 Å². The Morgan fingerprint density at radius 1 is 1.86 bits per heavy atom. The molecule has 3 nitrogen and oxygen atoms in total. The van der Waals surface area contributed by atoms with Gasteiger partial charge in [0.15, 0.2) is 5.34 Å². The number of rotatable bonds is 0. The van der Waals surface area contributed by atoms with Gasteiger partial charge in [0.25, 0.3) is 0 Å². The van der Waals surface area contributed by atoms with Crippen molar-refractivity contribution in [2.24, 2.45) is 5.34 Å². The third-order valence-corrected chi connectivity index (χ3v) is 0. The molecule has 0 aliphatic carbocycles. The van der Waals surface area contributed by atoms with E-state index in [0.717, 1.165) is 6.42 Å². The summed E-state index contributed by atoms with van der Waals surface area (Å²) in [7, 11) is 0. The van der Waals surface area contributed by atoms with Gasteiger partial charge in [-0.05, 0) is 0 Å². The Morgan fingerprint density at radius 3 is 1.86 bits per heavy atom. The molecule has 0 aromatic rings. The van der Waals surface area contributed by atoms with Crippen LogP contribution in [0.2, 0.25) is 0 Å². The molecule has 0 radical (unpaired) electrons. The molecule has 4 heteroatoms. The zero-order valence-corrected chi connectivity index (χ0v) is 7.39. The van der Waals surface area contributed by atoms with Crippen molar-refractivity contribution in [2.75, 3.05) is 0 Å². The molecule has 0 rings (SSSR count). The van der Waals surface area contributed by atoms with Gasteiger partial charge in [0, 0.05) is 19.5 Å². The van der Waals surface area contributed by atoms with Crippen LogP contribution in [0.1, 0.15) is 13.3 Å². The Balaban J connectivity index is -0.0000000400. The van der Waals surface area contributed by atoms with E-state index in [-0.39, 0.29) is 19.5 Å². The van der Waals surface area contributed by atoms with Crippen molar-refractivity contribution in [2.45, 2.75) is 13.3 Å². The van der Waals surface area contributed by atoms with E-state index >= 15 is 0 Å². The molecule has 0 bridgehead atoms. The summed E-state index contributed by atoms with van der Waals surface area (Å²) in [5.74, 6) is 0. The van der Waals surface area contributed by atoms with E-state index in [4.69, 9.17) is 10.1 Å². The van der Waals surface area contributed by atoms with Crippen LogP contribution < -0.4 is 0 Å². The van der Waals surface area contributed by atoms with Gasteiger partial charge in [-0.3, -0.25) is 0 Å². The average molecular weight is 155 g/mol. The van der Waals surface area contributed by atoms with Crippen LogP contribution in [-0.4, -0.2) is 5.21 Å². The Labute approximate surface area is 55.8 Å². The standard InChI is InChI=1S/C3H7.HNO2.Zn/c1-3-2;2-1-3;/h1,3H2,2H3;(H,2,3);/q-1;;. The van der Waals surface area contributed by atoms with Crippen molar-refractivity contribution in [1.29, 1.82) is 0 Å². The molecule has 0 aromatic heterocycles. The van der Waals surface area contributed by atoms with Gasteiger partial charge in [-0.25, -0.2) is 0 Å². The minimum Gasteiger partial charge on any atom is -0.379 e. The van der Waals surface area contributed by atoms with Gasteiger partial charge in [-0.2, -0.15) is 6.42 Å². The first-order valence-corrected chi connectivity index (χ1v) is 1.59. The zero-order chi connectivity index (χ0) is 5.41. The van der Waals surface area contributed by atoms with Crippen molar-refractivity contribution in [3.63, 3.8) is 0 Å². The Hall–Kier alpha value is 0.0234. The summed E-state index contributed by atoms with van der Waals surface area (Å²) in [5.41, 5.74) is 0. The molecule has 0 heterocycles. The van der Waals surface area contributed by atoms with Gasteiger partial charge in [0.05, 0.1) is 0 Å². The molecule has 0 saturated carbocycles. The van der Waals surface area contributed by atoms with E-state index < -0.39 is 0 Å². The summed E-state index contributed by atoms with van der Waals surface area (Å²) < 4.78 is 0. The summed E-state index contributed by atoms with van der Waals surface area (Å²) >= 11 is 0. The normalized spacial score (nSPS) is 4.29. The molecule has 1 N–H and O–H groups in total. The minimum absolute atomic E-state index is 0. The Kier molecular flexibility index (Phi) is 83.5. The van der Waals surface area contributed by atoms with Crippen molar-refractivity contribution >= 4 is 0 Å². The summed E-state index contributed by atoms with van der Waals surface area (Å²) in [6.07, 6.45) is 1.00. The molecule has 0 aromatic carbocycles. The largest absolute Gasteiger partial charge is 0.379 e. The molecule has 7 heavy (non-hydrogen) atoms. The predicted octanol–water partition coefficient (Wildman–Crippen LogP) is 1.37. The minimum atomic E-state index is 0. The molecule has 0 amide bonds. The fourth-order valence-electron chi connectivity index (χ4n) is 0. The molecular formula is C3H8NO2Zn-. The van der Waals surface area contributed by atoms with E-state index in [1.54, 1.807) is 0 Å². The third-order valence-electron chi connectivity index (χ3n) is 0. The maximum Gasteiger partial charge on any atom is 0.152 e.